The molecule has 1 aromatic carbocycles. The molecule has 2 rings (SSSR count). The molecule has 1 heterocycles. The molecule has 3 nitrogen and oxygen atoms in total. The van der Waals surface area contributed by atoms with Gasteiger partial charge in [-0.15, -0.1) is 0 Å². The van der Waals surface area contributed by atoms with E-state index >= 15 is 0 Å². The first kappa shape index (κ1) is 13.1. The third kappa shape index (κ3) is 3.12. The van der Waals surface area contributed by atoms with Crippen molar-refractivity contribution in [2.24, 2.45) is 0 Å². The van der Waals surface area contributed by atoms with Crippen LogP contribution in [0.3, 0.4) is 0 Å². The van der Waals surface area contributed by atoms with Gasteiger partial charge < -0.3 is 5.32 Å². The third-order valence-corrected chi connectivity index (χ3v) is 3.31. The molecule has 0 atom stereocenters. The van der Waals surface area contributed by atoms with Crippen LogP contribution >= 0.6 is 23.2 Å². The number of nitrogens with zero attached hydrogens (tertiary/aromatic N) is 2. The summed E-state index contributed by atoms with van der Waals surface area (Å²) in [6.45, 7) is 4.45. The Kier molecular flexibility index (Phi) is 4.04. The molecule has 1 aromatic heterocycles. The predicted octanol–water partition coefficient (Wildman–Crippen LogP) is 4.01. The lowest BCUT2D eigenvalue weighted by Gasteiger charge is -2.08. The normalized spacial score (nSPS) is 10.4. The topological polar surface area (TPSA) is 37.8 Å². The van der Waals surface area contributed by atoms with Gasteiger partial charge in [0.1, 0.15) is 5.15 Å². The van der Waals surface area contributed by atoms with Gasteiger partial charge in [-0.3, -0.25) is 0 Å². The van der Waals surface area contributed by atoms with E-state index in [1.165, 1.54) is 0 Å². The van der Waals surface area contributed by atoms with E-state index in [-0.39, 0.29) is 0 Å². The Morgan fingerprint density at radius 3 is 2.33 bits per heavy atom. The van der Waals surface area contributed by atoms with Gasteiger partial charge >= 0.3 is 0 Å². The molecule has 94 valence electrons. The van der Waals surface area contributed by atoms with E-state index in [1.54, 1.807) is 0 Å². The lowest BCUT2D eigenvalue weighted by Crippen LogP contribution is -2.05. The minimum absolute atomic E-state index is 0.487. The molecular formula is C13H13Cl2N3. The second-order valence-corrected chi connectivity index (χ2v) is 4.82. The van der Waals surface area contributed by atoms with E-state index in [4.69, 9.17) is 23.2 Å². The summed E-state index contributed by atoms with van der Waals surface area (Å²) in [6.07, 6.45) is 0. The van der Waals surface area contributed by atoms with Crippen LogP contribution in [0, 0.1) is 13.8 Å². The van der Waals surface area contributed by atoms with Crippen LogP contribution in [0.4, 0.5) is 5.95 Å². The molecule has 0 saturated heterocycles. The first-order chi connectivity index (χ1) is 8.56. The van der Waals surface area contributed by atoms with Crippen LogP contribution in [0.2, 0.25) is 10.2 Å². The Bertz CT molecular complexity index is 530. The second-order valence-electron chi connectivity index (χ2n) is 4.03. The van der Waals surface area contributed by atoms with Crippen LogP contribution in [-0.4, -0.2) is 9.97 Å². The quantitative estimate of drug-likeness (QED) is 0.864. The molecule has 0 aliphatic heterocycles. The molecule has 5 heteroatoms. The Hall–Kier alpha value is -1.32. The summed E-state index contributed by atoms with van der Waals surface area (Å²) in [5.41, 5.74) is 2.90. The highest BCUT2D eigenvalue weighted by Gasteiger charge is 2.05. The van der Waals surface area contributed by atoms with E-state index in [0.29, 0.717) is 17.6 Å². The Balaban J connectivity index is 2.08. The highest BCUT2D eigenvalue weighted by atomic mass is 35.5. The molecule has 0 saturated carbocycles. The summed E-state index contributed by atoms with van der Waals surface area (Å²) in [6, 6.07) is 7.62. The van der Waals surface area contributed by atoms with Crippen LogP contribution in [0.5, 0.6) is 0 Å². The van der Waals surface area contributed by atoms with Crippen LogP contribution in [0.15, 0.2) is 24.3 Å². The number of aromatic nitrogens is 2. The van der Waals surface area contributed by atoms with Crippen LogP contribution in [0.25, 0.3) is 0 Å². The fourth-order valence-corrected chi connectivity index (χ4v) is 1.80. The maximum Gasteiger partial charge on any atom is 0.224 e. The van der Waals surface area contributed by atoms with Crippen molar-refractivity contribution >= 4 is 29.2 Å². The standard InChI is InChI=1S/C13H13Cl2N3/c1-8-9(2)17-13(18-12(8)15)16-7-10-3-5-11(14)6-4-10/h3-6H,7H2,1-2H3,(H,16,17,18). The van der Waals surface area contributed by atoms with Gasteiger partial charge in [0.2, 0.25) is 5.95 Å². The van der Waals surface area contributed by atoms with Gasteiger partial charge in [-0.2, -0.15) is 0 Å². The van der Waals surface area contributed by atoms with Gasteiger partial charge in [0.05, 0.1) is 0 Å². The van der Waals surface area contributed by atoms with Gasteiger partial charge in [0.15, 0.2) is 0 Å². The minimum Gasteiger partial charge on any atom is -0.350 e. The van der Waals surface area contributed by atoms with Crippen molar-refractivity contribution in [3.63, 3.8) is 0 Å². The van der Waals surface area contributed by atoms with E-state index in [9.17, 15) is 0 Å². The molecule has 0 bridgehead atoms. The van der Waals surface area contributed by atoms with Crippen LogP contribution < -0.4 is 5.32 Å². The number of halogens is 2. The first-order valence-electron chi connectivity index (χ1n) is 5.55. The largest absolute Gasteiger partial charge is 0.350 e. The van der Waals surface area contributed by atoms with Crippen molar-refractivity contribution in [2.75, 3.05) is 5.32 Å². The number of nitrogens with one attached hydrogen (secondary N) is 1. The molecule has 0 spiro atoms. The van der Waals surface area contributed by atoms with Gasteiger partial charge in [0.25, 0.3) is 0 Å². The van der Waals surface area contributed by atoms with E-state index in [1.807, 2.05) is 38.1 Å². The van der Waals surface area contributed by atoms with Crippen molar-refractivity contribution in [3.8, 4) is 0 Å². The predicted molar refractivity (Wildman–Crippen MR) is 75.3 cm³/mol. The SMILES string of the molecule is Cc1nc(NCc2ccc(Cl)cc2)nc(Cl)c1C. The van der Waals surface area contributed by atoms with E-state index in [0.717, 1.165) is 21.8 Å². The van der Waals surface area contributed by atoms with Gasteiger partial charge in [0, 0.05) is 22.8 Å². The average Bonchev–Trinajstić information content (AvgIpc) is 2.35. The van der Waals surface area contributed by atoms with Crippen molar-refractivity contribution < 1.29 is 0 Å². The highest BCUT2D eigenvalue weighted by molar-refractivity contribution is 6.30. The van der Waals surface area contributed by atoms with Gasteiger partial charge in [-0.05, 0) is 31.5 Å². The van der Waals surface area contributed by atoms with Crippen molar-refractivity contribution in [2.45, 2.75) is 20.4 Å². The summed E-state index contributed by atoms with van der Waals surface area (Å²) in [5.74, 6) is 0.540. The maximum atomic E-state index is 6.01. The lowest BCUT2D eigenvalue weighted by atomic mass is 10.2. The second kappa shape index (κ2) is 5.55. The summed E-state index contributed by atoms with van der Waals surface area (Å²) in [4.78, 5) is 8.52. The number of hydrogen-bond donors (Lipinski definition) is 1. The zero-order valence-electron chi connectivity index (χ0n) is 10.2. The van der Waals surface area contributed by atoms with Crippen molar-refractivity contribution in [3.05, 3.63) is 51.3 Å². The third-order valence-electron chi connectivity index (χ3n) is 2.69. The summed E-state index contributed by atoms with van der Waals surface area (Å²) >= 11 is 11.8. The molecule has 0 radical (unpaired) electrons. The van der Waals surface area contributed by atoms with E-state index in [2.05, 4.69) is 15.3 Å². The highest BCUT2D eigenvalue weighted by Crippen LogP contribution is 2.17. The molecule has 0 fully saturated rings. The number of anilines is 1. The maximum absolute atomic E-state index is 6.01. The molecule has 1 N–H and O–H groups in total. The Morgan fingerprint density at radius 2 is 1.72 bits per heavy atom. The number of benzene rings is 1. The first-order valence-corrected chi connectivity index (χ1v) is 6.31. The van der Waals surface area contributed by atoms with Crippen LogP contribution in [0.1, 0.15) is 16.8 Å². The Morgan fingerprint density at radius 1 is 1.06 bits per heavy atom. The molecule has 18 heavy (non-hydrogen) atoms. The fraction of sp³-hybridized carbons (Fsp3) is 0.231. The van der Waals surface area contributed by atoms with Gasteiger partial charge in [-0.1, -0.05) is 35.3 Å². The molecule has 0 unspecified atom stereocenters. The number of rotatable bonds is 3. The van der Waals surface area contributed by atoms with Crippen molar-refractivity contribution in [1.82, 2.24) is 9.97 Å². The molecule has 0 aliphatic rings. The van der Waals surface area contributed by atoms with Gasteiger partial charge in [-0.25, -0.2) is 9.97 Å². The number of aryl methyl sites for hydroxylation is 1. The molecule has 2 aromatic rings. The van der Waals surface area contributed by atoms with Crippen molar-refractivity contribution in [1.29, 1.82) is 0 Å². The zero-order valence-corrected chi connectivity index (χ0v) is 11.7. The fourth-order valence-electron chi connectivity index (χ4n) is 1.46. The summed E-state index contributed by atoms with van der Waals surface area (Å²) < 4.78 is 0. The number of hydrogen-bond acceptors (Lipinski definition) is 3. The molecular weight excluding hydrogens is 269 g/mol. The molecule has 0 aliphatic carbocycles. The summed E-state index contributed by atoms with van der Waals surface area (Å²) in [7, 11) is 0. The Labute approximate surface area is 116 Å². The smallest absolute Gasteiger partial charge is 0.224 e. The van der Waals surface area contributed by atoms with Crippen LogP contribution in [-0.2, 0) is 6.54 Å². The monoisotopic (exact) mass is 281 g/mol. The minimum atomic E-state index is 0.487. The van der Waals surface area contributed by atoms with E-state index < -0.39 is 0 Å². The zero-order chi connectivity index (χ0) is 13.1. The summed E-state index contributed by atoms with van der Waals surface area (Å²) in [5, 5.41) is 4.35. The average molecular weight is 282 g/mol. The molecule has 0 amide bonds. The lowest BCUT2D eigenvalue weighted by molar-refractivity contribution is 1.01.